The lowest BCUT2D eigenvalue weighted by molar-refractivity contribution is -0.138. The van der Waals surface area contributed by atoms with Crippen LogP contribution in [-0.4, -0.2) is 65.0 Å². The number of nitrogens with two attached hydrogens (primary N) is 1. The number of aromatic nitrogens is 1. The van der Waals surface area contributed by atoms with Gasteiger partial charge in [-0.2, -0.15) is 0 Å². The molecule has 0 radical (unpaired) electrons. The fraction of sp³-hybridized carbons (Fsp3) is 0.500. The fourth-order valence-corrected chi connectivity index (χ4v) is 5.03. The molecule has 0 aliphatic carbocycles. The van der Waals surface area contributed by atoms with Gasteiger partial charge in [0, 0.05) is 42.8 Å². The lowest BCUT2D eigenvalue weighted by atomic mass is 9.89. The largest absolute Gasteiger partial charge is 0.433 e. The summed E-state index contributed by atoms with van der Waals surface area (Å²) in [6.07, 6.45) is 5.37. The molecule has 0 bridgehead atoms. The quantitative estimate of drug-likeness (QED) is 0.353. The third-order valence-electron chi connectivity index (χ3n) is 6.70. The highest BCUT2D eigenvalue weighted by Crippen LogP contribution is 2.27. The first kappa shape index (κ1) is 24.6. The zero-order chi connectivity index (χ0) is 24.1. The first-order valence-corrected chi connectivity index (χ1v) is 12.5. The van der Waals surface area contributed by atoms with Crippen molar-refractivity contribution in [3.8, 4) is 0 Å². The van der Waals surface area contributed by atoms with E-state index in [4.69, 9.17) is 17.3 Å². The van der Waals surface area contributed by atoms with E-state index in [-0.39, 0.29) is 5.92 Å². The highest BCUT2D eigenvalue weighted by molar-refractivity contribution is 6.52. The summed E-state index contributed by atoms with van der Waals surface area (Å²) in [4.78, 5) is 21.8. The molecule has 2 aliphatic rings. The van der Waals surface area contributed by atoms with Gasteiger partial charge in [-0.05, 0) is 81.5 Å². The van der Waals surface area contributed by atoms with Crippen LogP contribution in [0, 0.1) is 5.92 Å². The number of benzene rings is 1. The molecule has 2 fully saturated rings. The summed E-state index contributed by atoms with van der Waals surface area (Å²) >= 11 is 5.99. The van der Waals surface area contributed by atoms with Gasteiger partial charge in [0.1, 0.15) is 5.82 Å². The van der Waals surface area contributed by atoms with Crippen molar-refractivity contribution in [2.24, 2.45) is 5.92 Å². The standard InChI is InChI=1S/C24H34BClN6O2/c1-25(34)30-23-14-17(4-9-28-23)16-31-10-5-18(6-11-31)24(33)32-12-7-20(8-13-32)29-22-3-2-19(26)15-21(22)27/h2-4,9,14-15,18,20,29,34H,5-8,10-13,16,27H2,1H3,(H,28,30). The smallest absolute Gasteiger partial charge is 0.408 e. The average molecular weight is 485 g/mol. The SMILES string of the molecule is CB(O)Nc1cc(CN2CCC(C(=O)N3CCC(Nc4ccc(Cl)cc4N)CC3)CC2)ccn1. The molecule has 3 heterocycles. The third kappa shape index (κ3) is 6.55. The molecule has 0 unspecified atom stereocenters. The van der Waals surface area contributed by atoms with Gasteiger partial charge in [0.2, 0.25) is 5.91 Å². The molecule has 4 rings (SSSR count). The minimum absolute atomic E-state index is 0.109. The van der Waals surface area contributed by atoms with Crippen molar-refractivity contribution < 1.29 is 9.82 Å². The maximum atomic E-state index is 13.1. The van der Waals surface area contributed by atoms with Crippen molar-refractivity contribution in [2.75, 3.05) is 42.5 Å². The van der Waals surface area contributed by atoms with E-state index >= 15 is 0 Å². The molecule has 1 aromatic carbocycles. The molecule has 2 aromatic rings. The number of halogens is 1. The number of nitrogens with one attached hydrogen (secondary N) is 2. The number of likely N-dealkylation sites (tertiary alicyclic amines) is 2. The Morgan fingerprint density at radius 2 is 1.91 bits per heavy atom. The van der Waals surface area contributed by atoms with Crippen molar-refractivity contribution in [2.45, 2.75) is 45.1 Å². The van der Waals surface area contributed by atoms with E-state index in [2.05, 4.69) is 20.4 Å². The van der Waals surface area contributed by atoms with Crippen LogP contribution in [0.25, 0.3) is 0 Å². The Morgan fingerprint density at radius 1 is 1.18 bits per heavy atom. The predicted octanol–water partition coefficient (Wildman–Crippen LogP) is 3.15. The maximum absolute atomic E-state index is 13.1. The van der Waals surface area contributed by atoms with E-state index in [1.54, 1.807) is 19.1 Å². The minimum Gasteiger partial charge on any atom is -0.433 e. The van der Waals surface area contributed by atoms with Crippen LogP contribution in [0.5, 0.6) is 0 Å². The normalized spacial score (nSPS) is 18.0. The summed E-state index contributed by atoms with van der Waals surface area (Å²) in [6.45, 7) is 5.87. The number of anilines is 3. The van der Waals surface area contributed by atoms with Gasteiger partial charge < -0.3 is 26.2 Å². The van der Waals surface area contributed by atoms with Crippen LogP contribution in [0.2, 0.25) is 11.8 Å². The van der Waals surface area contributed by atoms with Gasteiger partial charge in [-0.3, -0.25) is 9.69 Å². The van der Waals surface area contributed by atoms with Gasteiger partial charge in [0.05, 0.1) is 11.4 Å². The second-order valence-electron chi connectivity index (χ2n) is 9.40. The average Bonchev–Trinajstić information content (AvgIpc) is 2.81. The Morgan fingerprint density at radius 3 is 2.59 bits per heavy atom. The van der Waals surface area contributed by atoms with Crippen molar-refractivity contribution in [1.29, 1.82) is 0 Å². The van der Waals surface area contributed by atoms with E-state index < -0.39 is 7.05 Å². The molecule has 2 aliphatic heterocycles. The Hall–Kier alpha value is -2.49. The number of rotatable bonds is 7. The molecule has 5 N–H and O–H groups in total. The van der Waals surface area contributed by atoms with Crippen molar-refractivity contribution >= 4 is 41.8 Å². The van der Waals surface area contributed by atoms with Gasteiger partial charge in [0.25, 0.3) is 0 Å². The summed E-state index contributed by atoms with van der Waals surface area (Å²) in [6, 6.07) is 9.79. The van der Waals surface area contributed by atoms with E-state index in [0.29, 0.717) is 28.5 Å². The molecule has 10 heteroatoms. The number of nitrogen functional groups attached to an aromatic ring is 1. The van der Waals surface area contributed by atoms with E-state index in [1.165, 1.54) is 0 Å². The topological polar surface area (TPSA) is 107 Å². The van der Waals surface area contributed by atoms with Gasteiger partial charge in [-0.1, -0.05) is 11.6 Å². The summed E-state index contributed by atoms with van der Waals surface area (Å²) in [5.74, 6) is 1.09. The summed E-state index contributed by atoms with van der Waals surface area (Å²) in [7, 11) is -0.638. The molecule has 34 heavy (non-hydrogen) atoms. The fourth-order valence-electron chi connectivity index (χ4n) is 4.85. The number of carbonyl (C=O) groups excluding carboxylic acids is 1. The molecular weight excluding hydrogens is 451 g/mol. The number of hydrogen-bond donors (Lipinski definition) is 4. The van der Waals surface area contributed by atoms with Crippen LogP contribution in [0.4, 0.5) is 17.2 Å². The van der Waals surface area contributed by atoms with Crippen molar-refractivity contribution in [3.05, 3.63) is 47.1 Å². The summed E-state index contributed by atoms with van der Waals surface area (Å²) in [5, 5.41) is 16.6. The van der Waals surface area contributed by atoms with Crippen LogP contribution in [-0.2, 0) is 11.3 Å². The van der Waals surface area contributed by atoms with Crippen molar-refractivity contribution in [3.63, 3.8) is 0 Å². The maximum Gasteiger partial charge on any atom is 0.408 e. The molecule has 0 saturated carbocycles. The second-order valence-corrected chi connectivity index (χ2v) is 9.83. The molecule has 1 amide bonds. The molecule has 0 atom stereocenters. The zero-order valence-corrected chi connectivity index (χ0v) is 20.5. The van der Waals surface area contributed by atoms with Crippen LogP contribution >= 0.6 is 11.6 Å². The lowest BCUT2D eigenvalue weighted by Crippen LogP contribution is -2.47. The molecule has 182 valence electrons. The van der Waals surface area contributed by atoms with Crippen LogP contribution in [0.3, 0.4) is 0 Å². The van der Waals surface area contributed by atoms with E-state index in [9.17, 15) is 9.82 Å². The number of amides is 1. The third-order valence-corrected chi connectivity index (χ3v) is 6.94. The lowest BCUT2D eigenvalue weighted by Gasteiger charge is -2.37. The Labute approximate surface area is 207 Å². The molecule has 1 aromatic heterocycles. The predicted molar refractivity (Wildman–Crippen MR) is 139 cm³/mol. The molecule has 2 saturated heterocycles. The van der Waals surface area contributed by atoms with Gasteiger partial charge >= 0.3 is 7.05 Å². The monoisotopic (exact) mass is 484 g/mol. The molecule has 8 nitrogen and oxygen atoms in total. The Balaban J connectivity index is 1.21. The Bertz CT molecular complexity index is 978. The molecular formula is C24H34BClN6O2. The van der Waals surface area contributed by atoms with Crippen LogP contribution in [0.1, 0.15) is 31.2 Å². The Kier molecular flexibility index (Phi) is 8.18. The van der Waals surface area contributed by atoms with E-state index in [1.807, 2.05) is 29.2 Å². The molecule has 0 spiro atoms. The van der Waals surface area contributed by atoms with Crippen molar-refractivity contribution in [1.82, 2.24) is 14.8 Å². The van der Waals surface area contributed by atoms with Crippen LogP contribution in [0.15, 0.2) is 36.5 Å². The highest BCUT2D eigenvalue weighted by Gasteiger charge is 2.31. The summed E-state index contributed by atoms with van der Waals surface area (Å²) in [5.41, 5.74) is 8.78. The minimum atomic E-state index is -0.638. The number of carbonyl (C=O) groups is 1. The number of pyridine rings is 1. The zero-order valence-electron chi connectivity index (χ0n) is 19.7. The number of hydrogen-bond acceptors (Lipinski definition) is 7. The highest BCUT2D eigenvalue weighted by atomic mass is 35.5. The van der Waals surface area contributed by atoms with Gasteiger partial charge in [-0.15, -0.1) is 0 Å². The number of piperidine rings is 2. The van der Waals surface area contributed by atoms with Crippen LogP contribution < -0.4 is 16.3 Å². The van der Waals surface area contributed by atoms with E-state index in [0.717, 1.165) is 69.7 Å². The van der Waals surface area contributed by atoms with Gasteiger partial charge in [0.15, 0.2) is 0 Å². The number of nitrogens with zero attached hydrogens (tertiary/aromatic N) is 3. The second kappa shape index (κ2) is 11.3. The first-order chi connectivity index (χ1) is 16.4. The summed E-state index contributed by atoms with van der Waals surface area (Å²) < 4.78 is 0. The van der Waals surface area contributed by atoms with Gasteiger partial charge in [-0.25, -0.2) is 4.98 Å². The first-order valence-electron chi connectivity index (χ1n) is 12.1.